The zero-order valence-electron chi connectivity index (χ0n) is 12.7. The summed E-state index contributed by atoms with van der Waals surface area (Å²) in [7, 11) is -3.70. The van der Waals surface area contributed by atoms with E-state index in [1.807, 2.05) is 6.92 Å². The lowest BCUT2D eigenvalue weighted by molar-refractivity contribution is 0.254. The van der Waals surface area contributed by atoms with E-state index < -0.39 is 10.0 Å². The SMILES string of the molecule is CC1Cc2cc(S(=O)(=O)Nc3ccc4[nH]c(=O)sc4c3)ccc2O1. The molecule has 0 aliphatic carbocycles. The number of thiazole rings is 1. The summed E-state index contributed by atoms with van der Waals surface area (Å²) in [5.74, 6) is 0.736. The summed E-state index contributed by atoms with van der Waals surface area (Å²) in [6.45, 7) is 1.95. The molecule has 6 nitrogen and oxygen atoms in total. The van der Waals surface area contributed by atoms with E-state index in [9.17, 15) is 13.2 Å². The molecule has 2 aromatic carbocycles. The van der Waals surface area contributed by atoms with Gasteiger partial charge >= 0.3 is 4.87 Å². The molecule has 0 amide bonds. The molecule has 1 aliphatic heterocycles. The van der Waals surface area contributed by atoms with Crippen LogP contribution in [0, 0.1) is 0 Å². The third-order valence-electron chi connectivity index (χ3n) is 3.85. The average Bonchev–Trinajstić information content (AvgIpc) is 3.05. The fourth-order valence-corrected chi connectivity index (χ4v) is 4.66. The molecule has 4 rings (SSSR count). The monoisotopic (exact) mass is 362 g/mol. The number of sulfonamides is 1. The molecule has 2 N–H and O–H groups in total. The van der Waals surface area contributed by atoms with Gasteiger partial charge < -0.3 is 9.72 Å². The topological polar surface area (TPSA) is 88.3 Å². The van der Waals surface area contributed by atoms with Gasteiger partial charge in [0.2, 0.25) is 0 Å². The maximum Gasteiger partial charge on any atom is 0.305 e. The summed E-state index contributed by atoms with van der Waals surface area (Å²) in [5, 5.41) is 0. The normalized spacial score (nSPS) is 16.8. The van der Waals surface area contributed by atoms with Crippen molar-refractivity contribution in [1.29, 1.82) is 0 Å². The van der Waals surface area contributed by atoms with Gasteiger partial charge in [-0.15, -0.1) is 0 Å². The van der Waals surface area contributed by atoms with Crippen molar-refractivity contribution >= 4 is 37.3 Å². The Balaban J connectivity index is 1.67. The zero-order chi connectivity index (χ0) is 16.9. The van der Waals surface area contributed by atoms with Crippen LogP contribution in [0.15, 0.2) is 46.1 Å². The van der Waals surface area contributed by atoms with Crippen LogP contribution in [-0.2, 0) is 16.4 Å². The average molecular weight is 362 g/mol. The lowest BCUT2D eigenvalue weighted by atomic mass is 10.1. The van der Waals surface area contributed by atoms with Gasteiger partial charge in [0.25, 0.3) is 10.0 Å². The number of rotatable bonds is 3. The number of anilines is 1. The number of H-pyrrole nitrogens is 1. The maximum atomic E-state index is 12.6. The van der Waals surface area contributed by atoms with Gasteiger partial charge in [0.05, 0.1) is 20.8 Å². The molecule has 1 aliphatic rings. The molecule has 2 heterocycles. The van der Waals surface area contributed by atoms with E-state index in [2.05, 4.69) is 9.71 Å². The Morgan fingerprint density at radius 1 is 1.25 bits per heavy atom. The molecule has 3 aromatic rings. The van der Waals surface area contributed by atoms with Crippen molar-refractivity contribution in [2.24, 2.45) is 0 Å². The molecule has 1 aromatic heterocycles. The number of hydrogen-bond acceptors (Lipinski definition) is 5. The summed E-state index contributed by atoms with van der Waals surface area (Å²) >= 11 is 1.04. The lowest BCUT2D eigenvalue weighted by Crippen LogP contribution is -2.13. The Morgan fingerprint density at radius 3 is 2.92 bits per heavy atom. The number of benzene rings is 2. The van der Waals surface area contributed by atoms with E-state index in [1.54, 1.807) is 30.3 Å². The fraction of sp³-hybridized carbons (Fsp3) is 0.188. The Bertz CT molecular complexity index is 1100. The van der Waals surface area contributed by atoms with E-state index in [0.29, 0.717) is 22.3 Å². The minimum atomic E-state index is -3.70. The van der Waals surface area contributed by atoms with Crippen molar-refractivity contribution in [3.63, 3.8) is 0 Å². The third-order valence-corrected chi connectivity index (χ3v) is 6.08. The van der Waals surface area contributed by atoms with Crippen molar-refractivity contribution in [2.45, 2.75) is 24.3 Å². The van der Waals surface area contributed by atoms with Crippen LogP contribution >= 0.6 is 11.3 Å². The molecule has 0 spiro atoms. The molecule has 0 saturated carbocycles. The van der Waals surface area contributed by atoms with Crippen molar-refractivity contribution in [1.82, 2.24) is 4.98 Å². The van der Waals surface area contributed by atoms with Crippen LogP contribution in [0.2, 0.25) is 0 Å². The summed E-state index contributed by atoms with van der Waals surface area (Å²) in [6.07, 6.45) is 0.756. The summed E-state index contributed by atoms with van der Waals surface area (Å²) < 4.78 is 34.1. The molecular formula is C16H14N2O4S2. The van der Waals surface area contributed by atoms with Crippen LogP contribution in [0.4, 0.5) is 5.69 Å². The standard InChI is InChI=1S/C16H14N2O4S2/c1-9-6-10-7-12(3-5-14(10)22-9)24(20,21)18-11-2-4-13-15(8-11)23-16(19)17-13/h2-5,7-9,18H,6H2,1H3,(H,17,19). The maximum absolute atomic E-state index is 12.6. The quantitative estimate of drug-likeness (QED) is 0.750. The Morgan fingerprint density at radius 2 is 2.08 bits per heavy atom. The van der Waals surface area contributed by atoms with Gasteiger partial charge in [0.15, 0.2) is 0 Å². The second-order valence-electron chi connectivity index (χ2n) is 5.73. The zero-order valence-corrected chi connectivity index (χ0v) is 14.3. The van der Waals surface area contributed by atoms with E-state index in [-0.39, 0.29) is 15.9 Å². The van der Waals surface area contributed by atoms with E-state index in [4.69, 9.17) is 4.74 Å². The Kier molecular flexibility index (Phi) is 3.40. The van der Waals surface area contributed by atoms with Crippen LogP contribution < -0.4 is 14.3 Å². The first-order valence-corrected chi connectivity index (χ1v) is 9.66. The number of aromatic amines is 1. The highest BCUT2D eigenvalue weighted by molar-refractivity contribution is 7.92. The summed E-state index contributed by atoms with van der Waals surface area (Å²) in [6, 6.07) is 9.83. The van der Waals surface area contributed by atoms with Gasteiger partial charge in [-0.1, -0.05) is 11.3 Å². The molecule has 24 heavy (non-hydrogen) atoms. The predicted molar refractivity (Wildman–Crippen MR) is 93.5 cm³/mol. The van der Waals surface area contributed by atoms with Gasteiger partial charge in [-0.25, -0.2) is 8.42 Å². The second kappa shape index (κ2) is 5.35. The first kappa shape index (κ1) is 15.2. The van der Waals surface area contributed by atoms with E-state index in [1.165, 1.54) is 6.07 Å². The van der Waals surface area contributed by atoms with Crippen LogP contribution in [0.3, 0.4) is 0 Å². The second-order valence-corrected chi connectivity index (χ2v) is 8.43. The van der Waals surface area contributed by atoms with Crippen molar-refractivity contribution in [3.8, 4) is 5.75 Å². The van der Waals surface area contributed by atoms with Crippen molar-refractivity contribution < 1.29 is 13.2 Å². The fourth-order valence-electron chi connectivity index (χ4n) is 2.79. The van der Waals surface area contributed by atoms with Gasteiger partial charge in [-0.05, 0) is 48.9 Å². The highest BCUT2D eigenvalue weighted by atomic mass is 32.2. The first-order valence-electron chi connectivity index (χ1n) is 7.36. The van der Waals surface area contributed by atoms with Crippen molar-refractivity contribution in [2.75, 3.05) is 4.72 Å². The predicted octanol–water partition coefficient (Wildman–Crippen LogP) is 2.71. The highest BCUT2D eigenvalue weighted by Crippen LogP contribution is 2.31. The molecule has 0 radical (unpaired) electrons. The van der Waals surface area contributed by atoms with E-state index in [0.717, 1.165) is 22.6 Å². The minimum absolute atomic E-state index is 0.0599. The number of hydrogen-bond donors (Lipinski definition) is 2. The number of aromatic nitrogens is 1. The highest BCUT2D eigenvalue weighted by Gasteiger charge is 2.23. The summed E-state index contributed by atoms with van der Waals surface area (Å²) in [5.41, 5.74) is 2.00. The number of nitrogens with one attached hydrogen (secondary N) is 2. The lowest BCUT2D eigenvalue weighted by Gasteiger charge is -2.09. The van der Waals surface area contributed by atoms with Gasteiger partial charge in [-0.2, -0.15) is 0 Å². The van der Waals surface area contributed by atoms with Crippen LogP contribution in [0.25, 0.3) is 10.2 Å². The minimum Gasteiger partial charge on any atom is -0.490 e. The molecular weight excluding hydrogens is 348 g/mol. The summed E-state index contributed by atoms with van der Waals surface area (Å²) in [4.78, 5) is 14.1. The van der Waals surface area contributed by atoms with Gasteiger partial charge in [0, 0.05) is 6.42 Å². The number of ether oxygens (including phenoxy) is 1. The first-order chi connectivity index (χ1) is 11.4. The molecule has 1 unspecified atom stereocenters. The van der Waals surface area contributed by atoms with Crippen LogP contribution in [0.1, 0.15) is 12.5 Å². The Hall–Kier alpha value is -2.32. The largest absolute Gasteiger partial charge is 0.490 e. The van der Waals surface area contributed by atoms with E-state index >= 15 is 0 Å². The van der Waals surface area contributed by atoms with Gasteiger partial charge in [0.1, 0.15) is 11.9 Å². The molecule has 8 heteroatoms. The smallest absolute Gasteiger partial charge is 0.305 e. The molecule has 0 fully saturated rings. The van der Waals surface area contributed by atoms with Crippen molar-refractivity contribution in [3.05, 3.63) is 51.6 Å². The van der Waals surface area contributed by atoms with Crippen LogP contribution in [0.5, 0.6) is 5.75 Å². The van der Waals surface area contributed by atoms with Crippen LogP contribution in [-0.4, -0.2) is 19.5 Å². The van der Waals surface area contributed by atoms with Gasteiger partial charge in [-0.3, -0.25) is 9.52 Å². The molecule has 124 valence electrons. The Labute approximate surface area is 142 Å². The molecule has 0 saturated heterocycles. The third kappa shape index (κ3) is 2.67. The molecule has 1 atom stereocenters. The molecule has 0 bridgehead atoms. The number of fused-ring (bicyclic) bond motifs is 2.